The first-order valence-electron chi connectivity index (χ1n) is 7.22. The minimum Gasteiger partial charge on any atom is -0.325 e. The monoisotopic (exact) mass is 365 g/mol. The number of hydrogen-bond donors (Lipinski definition) is 1. The van der Waals surface area contributed by atoms with Crippen LogP contribution < -0.4 is 5.32 Å². The zero-order valence-corrected chi connectivity index (χ0v) is 13.7. The standard InChI is InChI=1S/C16H13F2N3O5/c1-16(2,9-3-10(17)5-11(18)4-9)15(22)19-12-6-13(20(23)24)8-14(7-12)21(25)26/h3-8H,1-2H3,(H,19,22). The lowest BCUT2D eigenvalue weighted by Crippen LogP contribution is -2.35. The number of nitrogens with zero attached hydrogens (tertiary/aromatic N) is 2. The van der Waals surface area contributed by atoms with Gasteiger partial charge in [0.1, 0.15) is 11.6 Å². The number of rotatable bonds is 5. The topological polar surface area (TPSA) is 115 Å². The molecule has 0 aliphatic carbocycles. The fourth-order valence-electron chi connectivity index (χ4n) is 2.21. The third kappa shape index (κ3) is 3.97. The Morgan fingerprint density at radius 3 is 1.81 bits per heavy atom. The van der Waals surface area contributed by atoms with E-state index in [4.69, 9.17) is 0 Å². The third-order valence-corrected chi connectivity index (χ3v) is 3.73. The van der Waals surface area contributed by atoms with Crippen LogP contribution in [0.2, 0.25) is 0 Å². The van der Waals surface area contributed by atoms with Crippen LogP contribution in [0.4, 0.5) is 25.8 Å². The van der Waals surface area contributed by atoms with Crippen molar-refractivity contribution in [2.75, 3.05) is 5.32 Å². The highest BCUT2D eigenvalue weighted by Crippen LogP contribution is 2.30. The molecule has 0 atom stereocenters. The lowest BCUT2D eigenvalue weighted by atomic mass is 9.83. The maximum Gasteiger partial charge on any atom is 0.278 e. The van der Waals surface area contributed by atoms with Gasteiger partial charge in [-0.1, -0.05) is 0 Å². The highest BCUT2D eigenvalue weighted by atomic mass is 19.1. The van der Waals surface area contributed by atoms with Crippen LogP contribution in [0.1, 0.15) is 19.4 Å². The molecular formula is C16H13F2N3O5. The van der Waals surface area contributed by atoms with E-state index in [0.29, 0.717) is 6.07 Å². The maximum absolute atomic E-state index is 13.4. The quantitative estimate of drug-likeness (QED) is 0.641. The molecule has 0 unspecified atom stereocenters. The summed E-state index contributed by atoms with van der Waals surface area (Å²) in [5, 5.41) is 24.1. The maximum atomic E-state index is 13.4. The van der Waals surface area contributed by atoms with Crippen molar-refractivity contribution in [1.29, 1.82) is 0 Å². The Hall–Kier alpha value is -3.43. The third-order valence-electron chi connectivity index (χ3n) is 3.73. The Balaban J connectivity index is 2.39. The number of halogens is 2. The van der Waals surface area contributed by atoms with Crippen LogP contribution in [-0.4, -0.2) is 15.8 Å². The molecule has 0 saturated heterocycles. The zero-order chi connectivity index (χ0) is 19.6. The lowest BCUT2D eigenvalue weighted by molar-refractivity contribution is -0.394. The molecule has 0 heterocycles. The molecule has 2 aromatic carbocycles. The van der Waals surface area contributed by atoms with Crippen molar-refractivity contribution in [2.45, 2.75) is 19.3 Å². The molecule has 0 aliphatic heterocycles. The van der Waals surface area contributed by atoms with Crippen molar-refractivity contribution >= 4 is 23.0 Å². The van der Waals surface area contributed by atoms with Gasteiger partial charge in [0.25, 0.3) is 11.4 Å². The fourth-order valence-corrected chi connectivity index (χ4v) is 2.21. The largest absolute Gasteiger partial charge is 0.325 e. The van der Waals surface area contributed by atoms with E-state index in [2.05, 4.69) is 5.32 Å². The molecule has 26 heavy (non-hydrogen) atoms. The van der Waals surface area contributed by atoms with Crippen molar-refractivity contribution in [1.82, 2.24) is 0 Å². The van der Waals surface area contributed by atoms with Crippen LogP contribution in [0, 0.1) is 31.9 Å². The molecule has 0 saturated carbocycles. The highest BCUT2D eigenvalue weighted by Gasteiger charge is 2.31. The van der Waals surface area contributed by atoms with Gasteiger partial charge in [0, 0.05) is 18.2 Å². The predicted octanol–water partition coefficient (Wildman–Crippen LogP) is 3.70. The van der Waals surface area contributed by atoms with Gasteiger partial charge in [-0.3, -0.25) is 25.0 Å². The van der Waals surface area contributed by atoms with Gasteiger partial charge < -0.3 is 5.32 Å². The van der Waals surface area contributed by atoms with Crippen molar-refractivity contribution < 1.29 is 23.4 Å². The summed E-state index contributed by atoms with van der Waals surface area (Å²) in [7, 11) is 0. The van der Waals surface area contributed by atoms with Crippen molar-refractivity contribution in [3.05, 3.63) is 73.8 Å². The summed E-state index contributed by atoms with van der Waals surface area (Å²) in [6, 6.07) is 5.28. The number of amides is 1. The van der Waals surface area contributed by atoms with Gasteiger partial charge in [0.05, 0.1) is 27.0 Å². The summed E-state index contributed by atoms with van der Waals surface area (Å²) in [6.45, 7) is 2.78. The number of hydrogen-bond acceptors (Lipinski definition) is 5. The molecule has 0 radical (unpaired) electrons. The molecule has 2 aromatic rings. The van der Waals surface area contributed by atoms with Gasteiger partial charge in [-0.15, -0.1) is 0 Å². The smallest absolute Gasteiger partial charge is 0.278 e. The molecule has 0 aliphatic rings. The first-order chi connectivity index (χ1) is 12.0. The van der Waals surface area contributed by atoms with Crippen LogP contribution in [0.3, 0.4) is 0 Å². The van der Waals surface area contributed by atoms with Gasteiger partial charge in [0.2, 0.25) is 5.91 Å². The van der Waals surface area contributed by atoms with E-state index in [1.54, 1.807) is 0 Å². The summed E-state index contributed by atoms with van der Waals surface area (Å²) < 4.78 is 26.8. The summed E-state index contributed by atoms with van der Waals surface area (Å²) in [5.41, 5.74) is -2.72. The normalized spacial score (nSPS) is 11.1. The molecule has 1 amide bonds. The van der Waals surface area contributed by atoms with E-state index in [1.807, 2.05) is 0 Å². The first kappa shape index (κ1) is 18.9. The number of nitrogens with one attached hydrogen (secondary N) is 1. The van der Waals surface area contributed by atoms with Gasteiger partial charge >= 0.3 is 0 Å². The lowest BCUT2D eigenvalue weighted by Gasteiger charge is -2.24. The second kappa shape index (κ2) is 6.82. The highest BCUT2D eigenvalue weighted by molar-refractivity contribution is 5.99. The minimum absolute atomic E-state index is 0.0347. The average Bonchev–Trinajstić information content (AvgIpc) is 2.53. The van der Waals surface area contributed by atoms with Crippen LogP contribution in [-0.2, 0) is 10.2 Å². The predicted molar refractivity (Wildman–Crippen MR) is 87.8 cm³/mol. The molecular weight excluding hydrogens is 352 g/mol. The van der Waals surface area contributed by atoms with E-state index >= 15 is 0 Å². The number of nitro benzene ring substituents is 2. The van der Waals surface area contributed by atoms with E-state index in [9.17, 15) is 33.8 Å². The average molecular weight is 365 g/mol. The van der Waals surface area contributed by atoms with E-state index in [0.717, 1.165) is 30.3 Å². The number of non-ortho nitro benzene ring substituents is 2. The number of nitro groups is 2. The Kier molecular flexibility index (Phi) is 4.96. The molecule has 0 bridgehead atoms. The van der Waals surface area contributed by atoms with Crippen LogP contribution in [0.25, 0.3) is 0 Å². The SMILES string of the molecule is CC(C)(C(=O)Nc1cc([N+](=O)[O-])cc([N+](=O)[O-])c1)c1cc(F)cc(F)c1. The fraction of sp³-hybridized carbons (Fsp3) is 0.188. The first-order valence-corrected chi connectivity index (χ1v) is 7.22. The summed E-state index contributed by atoms with van der Waals surface area (Å²) in [5.74, 6) is -2.49. The number of anilines is 1. The molecule has 136 valence electrons. The molecule has 0 aromatic heterocycles. The molecule has 8 nitrogen and oxygen atoms in total. The van der Waals surface area contributed by atoms with Gasteiger partial charge in [-0.2, -0.15) is 0 Å². The number of carbonyl (C=O) groups is 1. The van der Waals surface area contributed by atoms with Crippen LogP contribution in [0.5, 0.6) is 0 Å². The molecule has 2 rings (SSSR count). The Morgan fingerprint density at radius 1 is 0.923 bits per heavy atom. The summed E-state index contributed by atoms with van der Waals surface area (Å²) in [6.07, 6.45) is 0. The Morgan fingerprint density at radius 2 is 1.38 bits per heavy atom. The van der Waals surface area contributed by atoms with Gasteiger partial charge in [-0.05, 0) is 31.5 Å². The van der Waals surface area contributed by atoms with E-state index < -0.39 is 44.2 Å². The van der Waals surface area contributed by atoms with Crippen LogP contribution in [0.15, 0.2) is 36.4 Å². The summed E-state index contributed by atoms with van der Waals surface area (Å²) >= 11 is 0. The minimum atomic E-state index is -1.41. The Labute approximate surface area is 145 Å². The second-order valence-corrected chi connectivity index (χ2v) is 5.99. The summed E-state index contributed by atoms with van der Waals surface area (Å²) in [4.78, 5) is 32.6. The van der Waals surface area contributed by atoms with Crippen molar-refractivity contribution in [3.8, 4) is 0 Å². The molecule has 1 N–H and O–H groups in total. The van der Waals surface area contributed by atoms with E-state index in [-0.39, 0.29) is 11.3 Å². The Bertz CT molecular complexity index is 862. The number of benzene rings is 2. The van der Waals surface area contributed by atoms with E-state index in [1.165, 1.54) is 13.8 Å². The number of carbonyl (C=O) groups excluding carboxylic acids is 1. The molecule has 10 heteroatoms. The van der Waals surface area contributed by atoms with Crippen molar-refractivity contribution in [3.63, 3.8) is 0 Å². The van der Waals surface area contributed by atoms with Gasteiger partial charge in [-0.25, -0.2) is 8.78 Å². The van der Waals surface area contributed by atoms with Gasteiger partial charge in [0.15, 0.2) is 0 Å². The zero-order valence-electron chi connectivity index (χ0n) is 13.7. The van der Waals surface area contributed by atoms with Crippen LogP contribution >= 0.6 is 0 Å². The molecule has 0 fully saturated rings. The second-order valence-electron chi connectivity index (χ2n) is 5.99. The molecule has 0 spiro atoms. The van der Waals surface area contributed by atoms with Crippen molar-refractivity contribution in [2.24, 2.45) is 0 Å².